The van der Waals surface area contributed by atoms with Gasteiger partial charge in [0.05, 0.1) is 6.61 Å². The van der Waals surface area contributed by atoms with Crippen LogP contribution in [0, 0.1) is 0 Å². The fourth-order valence-corrected chi connectivity index (χ4v) is 1.99. The van der Waals surface area contributed by atoms with Gasteiger partial charge in [-0.3, -0.25) is 0 Å². The van der Waals surface area contributed by atoms with E-state index in [9.17, 15) is 0 Å². The first-order valence-corrected chi connectivity index (χ1v) is 7.29. The van der Waals surface area contributed by atoms with Crippen molar-refractivity contribution in [2.24, 2.45) is 0 Å². The highest BCUT2D eigenvalue weighted by molar-refractivity contribution is 5.47. The molecule has 0 saturated carbocycles. The second kappa shape index (κ2) is 7.60. The molecule has 1 aromatic rings. The van der Waals surface area contributed by atoms with E-state index in [0.717, 1.165) is 18.9 Å². The quantitative estimate of drug-likeness (QED) is 0.833. The van der Waals surface area contributed by atoms with Gasteiger partial charge in [-0.05, 0) is 40.7 Å². The second-order valence-corrected chi connectivity index (χ2v) is 6.37. The molecule has 0 bridgehead atoms. The summed E-state index contributed by atoms with van der Waals surface area (Å²) in [5, 5.41) is 3.53. The van der Waals surface area contributed by atoms with E-state index in [1.165, 1.54) is 5.56 Å². The van der Waals surface area contributed by atoms with E-state index in [0.29, 0.717) is 12.6 Å². The minimum atomic E-state index is 0.0995. The summed E-state index contributed by atoms with van der Waals surface area (Å²) < 4.78 is 5.21. The van der Waals surface area contributed by atoms with E-state index < -0.39 is 0 Å². The Balaban J connectivity index is 2.91. The van der Waals surface area contributed by atoms with E-state index in [1.807, 2.05) is 12.3 Å². The summed E-state index contributed by atoms with van der Waals surface area (Å²) in [4.78, 5) is 6.88. The van der Waals surface area contributed by atoms with Crippen LogP contribution in [-0.2, 0) is 11.3 Å². The minimum absolute atomic E-state index is 0.0995. The molecule has 0 saturated heterocycles. The van der Waals surface area contributed by atoms with Crippen LogP contribution in [0.4, 0.5) is 5.82 Å². The van der Waals surface area contributed by atoms with Crippen molar-refractivity contribution in [1.29, 1.82) is 0 Å². The third-order valence-electron chi connectivity index (χ3n) is 3.11. The molecule has 1 aromatic heterocycles. The highest BCUT2D eigenvalue weighted by atomic mass is 16.5. The monoisotopic (exact) mass is 279 g/mol. The summed E-state index contributed by atoms with van der Waals surface area (Å²) in [5.41, 5.74) is 1.33. The number of ether oxygens (including phenoxy) is 1. The van der Waals surface area contributed by atoms with E-state index in [-0.39, 0.29) is 5.54 Å². The molecule has 0 spiro atoms. The largest absolute Gasteiger partial charge is 0.383 e. The molecular weight excluding hydrogens is 250 g/mol. The summed E-state index contributed by atoms with van der Waals surface area (Å²) in [6.07, 6.45) is 1.86. The molecule has 0 radical (unpaired) electrons. The summed E-state index contributed by atoms with van der Waals surface area (Å²) in [6.45, 7) is 13.3. The Bertz CT molecular complexity index is 399. The van der Waals surface area contributed by atoms with Crippen LogP contribution in [0.5, 0.6) is 0 Å². The van der Waals surface area contributed by atoms with Crippen LogP contribution in [0.3, 0.4) is 0 Å². The lowest BCUT2D eigenvalue weighted by Crippen LogP contribution is -2.38. The smallest absolute Gasteiger partial charge is 0.133 e. The molecule has 0 unspecified atom stereocenters. The molecule has 0 atom stereocenters. The molecular formula is C16H29N3O. The lowest BCUT2D eigenvalue weighted by molar-refractivity contribution is 0.203. The third kappa shape index (κ3) is 5.47. The lowest BCUT2D eigenvalue weighted by atomic mass is 10.1. The molecule has 20 heavy (non-hydrogen) atoms. The van der Waals surface area contributed by atoms with Gasteiger partial charge in [0.2, 0.25) is 0 Å². The summed E-state index contributed by atoms with van der Waals surface area (Å²) >= 11 is 0. The fourth-order valence-electron chi connectivity index (χ4n) is 1.99. The zero-order chi connectivity index (χ0) is 15.2. The Kier molecular flexibility index (Phi) is 6.43. The maximum atomic E-state index is 5.21. The van der Waals surface area contributed by atoms with Gasteiger partial charge < -0.3 is 15.0 Å². The summed E-state index contributed by atoms with van der Waals surface area (Å²) in [5.74, 6) is 1.05. The molecule has 0 aliphatic rings. The summed E-state index contributed by atoms with van der Waals surface area (Å²) in [6, 6.07) is 4.54. The Hall–Kier alpha value is -1.13. The Labute approximate surface area is 123 Å². The highest BCUT2D eigenvalue weighted by Crippen LogP contribution is 2.20. The van der Waals surface area contributed by atoms with Crippen molar-refractivity contribution in [1.82, 2.24) is 10.3 Å². The van der Waals surface area contributed by atoms with E-state index in [1.54, 1.807) is 7.11 Å². The number of nitrogens with one attached hydrogen (secondary N) is 1. The van der Waals surface area contributed by atoms with Crippen LogP contribution in [-0.4, -0.2) is 36.8 Å². The molecule has 0 aliphatic carbocycles. The van der Waals surface area contributed by atoms with E-state index >= 15 is 0 Å². The van der Waals surface area contributed by atoms with Crippen LogP contribution in [0.15, 0.2) is 18.3 Å². The molecule has 4 nitrogen and oxygen atoms in total. The van der Waals surface area contributed by atoms with Gasteiger partial charge in [0.25, 0.3) is 0 Å². The average Bonchev–Trinajstić information content (AvgIpc) is 2.36. The standard InChI is InChI=1S/C16H29N3O/c1-13(2)19(10-11-20-6)15-14(8-7-9-17-15)12-18-16(3,4)5/h7-9,13,18H,10-12H2,1-6H3. The predicted molar refractivity (Wildman–Crippen MR) is 85.2 cm³/mol. The number of hydrogen-bond acceptors (Lipinski definition) is 4. The molecule has 1 heterocycles. The first kappa shape index (κ1) is 16.9. The molecule has 114 valence electrons. The summed E-state index contributed by atoms with van der Waals surface area (Å²) in [7, 11) is 1.74. The number of rotatable bonds is 7. The zero-order valence-electron chi connectivity index (χ0n) is 13.7. The average molecular weight is 279 g/mol. The third-order valence-corrected chi connectivity index (χ3v) is 3.11. The molecule has 1 rings (SSSR count). The van der Waals surface area contributed by atoms with Crippen LogP contribution in [0.2, 0.25) is 0 Å². The lowest BCUT2D eigenvalue weighted by Gasteiger charge is -2.30. The van der Waals surface area contributed by atoms with Crippen LogP contribution >= 0.6 is 0 Å². The Morgan fingerprint density at radius 1 is 1.35 bits per heavy atom. The highest BCUT2D eigenvalue weighted by Gasteiger charge is 2.17. The van der Waals surface area contributed by atoms with Crippen LogP contribution < -0.4 is 10.2 Å². The van der Waals surface area contributed by atoms with Crippen molar-refractivity contribution in [3.63, 3.8) is 0 Å². The molecule has 1 N–H and O–H groups in total. The van der Waals surface area contributed by atoms with Gasteiger partial charge in [0.1, 0.15) is 5.82 Å². The molecule has 4 heteroatoms. The van der Waals surface area contributed by atoms with Crippen molar-refractivity contribution < 1.29 is 4.74 Å². The van der Waals surface area contributed by atoms with Gasteiger partial charge in [0, 0.05) is 43.5 Å². The Morgan fingerprint density at radius 3 is 2.60 bits per heavy atom. The number of aromatic nitrogens is 1. The van der Waals surface area contributed by atoms with Crippen LogP contribution in [0.1, 0.15) is 40.2 Å². The Morgan fingerprint density at radius 2 is 2.05 bits per heavy atom. The van der Waals surface area contributed by atoms with Gasteiger partial charge in [-0.2, -0.15) is 0 Å². The number of methoxy groups -OCH3 is 1. The first-order valence-electron chi connectivity index (χ1n) is 7.29. The maximum absolute atomic E-state index is 5.21. The molecule has 0 aromatic carbocycles. The van der Waals surface area contributed by atoms with Crippen molar-refractivity contribution >= 4 is 5.82 Å². The van der Waals surface area contributed by atoms with Gasteiger partial charge in [0.15, 0.2) is 0 Å². The van der Waals surface area contributed by atoms with Gasteiger partial charge in [-0.15, -0.1) is 0 Å². The van der Waals surface area contributed by atoms with Gasteiger partial charge >= 0.3 is 0 Å². The minimum Gasteiger partial charge on any atom is -0.383 e. The normalized spacial score (nSPS) is 11.9. The molecule has 0 fully saturated rings. The van der Waals surface area contributed by atoms with E-state index in [2.05, 4.69) is 55.9 Å². The topological polar surface area (TPSA) is 37.4 Å². The fraction of sp³-hybridized carbons (Fsp3) is 0.688. The van der Waals surface area contributed by atoms with Crippen molar-refractivity contribution in [2.45, 2.75) is 52.7 Å². The first-order chi connectivity index (χ1) is 9.35. The number of pyridine rings is 1. The predicted octanol–water partition coefficient (Wildman–Crippen LogP) is 2.83. The zero-order valence-corrected chi connectivity index (χ0v) is 13.7. The van der Waals surface area contributed by atoms with Gasteiger partial charge in [-0.1, -0.05) is 6.07 Å². The SMILES string of the molecule is COCCN(c1ncccc1CNC(C)(C)C)C(C)C. The molecule has 0 aliphatic heterocycles. The van der Waals surface area contributed by atoms with Crippen LogP contribution in [0.25, 0.3) is 0 Å². The van der Waals surface area contributed by atoms with Gasteiger partial charge in [-0.25, -0.2) is 4.98 Å². The number of anilines is 1. The van der Waals surface area contributed by atoms with Crippen molar-refractivity contribution in [3.05, 3.63) is 23.9 Å². The van der Waals surface area contributed by atoms with Crippen molar-refractivity contribution in [2.75, 3.05) is 25.2 Å². The maximum Gasteiger partial charge on any atom is 0.133 e. The second-order valence-electron chi connectivity index (χ2n) is 6.37. The number of hydrogen-bond donors (Lipinski definition) is 1. The number of nitrogens with zero attached hydrogens (tertiary/aromatic N) is 2. The van der Waals surface area contributed by atoms with Crippen molar-refractivity contribution in [3.8, 4) is 0 Å². The van der Waals surface area contributed by atoms with E-state index in [4.69, 9.17) is 4.74 Å². The molecule has 0 amide bonds.